The average molecular weight is 222 g/mol. The van der Waals surface area contributed by atoms with Crippen LogP contribution in [-0.4, -0.2) is 21.9 Å². The van der Waals surface area contributed by atoms with E-state index in [1.165, 1.54) is 0 Å². The van der Waals surface area contributed by atoms with Crippen molar-refractivity contribution < 1.29 is 4.79 Å². The first-order chi connectivity index (χ1) is 7.69. The summed E-state index contributed by atoms with van der Waals surface area (Å²) in [6.45, 7) is 5.53. The van der Waals surface area contributed by atoms with Crippen LogP contribution in [-0.2, 0) is 4.79 Å². The Bertz CT molecular complexity index is 334. The maximum absolute atomic E-state index is 11.7. The molecule has 0 aliphatic heterocycles. The smallest absolute Gasteiger partial charge is 0.237 e. The van der Waals surface area contributed by atoms with Crippen LogP contribution in [0.4, 0.5) is 0 Å². The highest BCUT2D eigenvalue weighted by atomic mass is 16.2. The number of aromatic nitrogens is 2. The zero-order chi connectivity index (χ0) is 12.0. The Morgan fingerprint density at radius 1 is 1.81 bits per heavy atom. The van der Waals surface area contributed by atoms with Crippen molar-refractivity contribution in [3.63, 3.8) is 0 Å². The molecule has 0 aliphatic rings. The number of nitrogens with two attached hydrogens (primary N) is 1. The number of carbonyl (C=O) groups excluding carboxylic acids is 1. The summed E-state index contributed by atoms with van der Waals surface area (Å²) in [6, 6.07) is -0.653. The molecular weight excluding hydrogens is 204 g/mol. The van der Waals surface area contributed by atoms with E-state index in [1.54, 1.807) is 18.5 Å². The van der Waals surface area contributed by atoms with E-state index in [0.29, 0.717) is 6.42 Å². The minimum absolute atomic E-state index is 0.113. The van der Waals surface area contributed by atoms with E-state index in [0.717, 1.165) is 12.2 Å². The molecule has 1 aromatic rings. The van der Waals surface area contributed by atoms with Gasteiger partial charge in [-0.1, -0.05) is 13.0 Å². The van der Waals surface area contributed by atoms with Crippen LogP contribution in [0, 0.1) is 0 Å². The second-order valence-corrected chi connectivity index (χ2v) is 3.57. The van der Waals surface area contributed by atoms with E-state index in [4.69, 9.17) is 5.73 Å². The van der Waals surface area contributed by atoms with Crippen LogP contribution in [0.2, 0.25) is 0 Å². The van der Waals surface area contributed by atoms with Crippen LogP contribution in [0.25, 0.3) is 0 Å². The average Bonchev–Trinajstić information content (AvgIpc) is 2.79. The maximum atomic E-state index is 11.7. The van der Waals surface area contributed by atoms with E-state index >= 15 is 0 Å². The van der Waals surface area contributed by atoms with Crippen molar-refractivity contribution in [2.45, 2.75) is 31.8 Å². The zero-order valence-corrected chi connectivity index (χ0v) is 9.44. The molecular formula is C11H18N4O. The molecule has 0 saturated heterocycles. The third kappa shape index (κ3) is 3.20. The lowest BCUT2D eigenvalue weighted by atomic mass is 10.1. The van der Waals surface area contributed by atoms with Crippen molar-refractivity contribution in [3.8, 4) is 0 Å². The summed E-state index contributed by atoms with van der Waals surface area (Å²) in [4.78, 5) is 18.8. The second kappa shape index (κ2) is 6.07. The van der Waals surface area contributed by atoms with E-state index in [-0.39, 0.29) is 11.9 Å². The Hall–Kier alpha value is -1.62. The van der Waals surface area contributed by atoms with Gasteiger partial charge in [0, 0.05) is 12.4 Å². The Kier molecular flexibility index (Phi) is 4.72. The summed E-state index contributed by atoms with van der Waals surface area (Å²) in [5.41, 5.74) is 5.67. The number of nitrogens with zero attached hydrogens (tertiary/aromatic N) is 1. The summed E-state index contributed by atoms with van der Waals surface area (Å²) in [6.07, 6.45) is 6.26. The van der Waals surface area contributed by atoms with Crippen molar-refractivity contribution >= 4 is 5.91 Å². The summed E-state index contributed by atoms with van der Waals surface area (Å²) in [7, 11) is 0. The molecule has 2 unspecified atom stereocenters. The lowest BCUT2D eigenvalue weighted by Gasteiger charge is -2.17. The number of carbonyl (C=O) groups is 1. The fourth-order valence-electron chi connectivity index (χ4n) is 1.40. The van der Waals surface area contributed by atoms with Gasteiger partial charge in [0.2, 0.25) is 5.91 Å². The molecule has 0 radical (unpaired) electrons. The summed E-state index contributed by atoms with van der Waals surface area (Å²) in [5.74, 6) is 0.574. The molecule has 0 saturated carbocycles. The highest BCUT2D eigenvalue weighted by Gasteiger charge is 2.18. The van der Waals surface area contributed by atoms with Crippen LogP contribution in [0.3, 0.4) is 0 Å². The lowest BCUT2D eigenvalue weighted by molar-refractivity contribution is -0.123. The van der Waals surface area contributed by atoms with Gasteiger partial charge in [0.1, 0.15) is 5.82 Å². The van der Waals surface area contributed by atoms with Crippen molar-refractivity contribution in [2.75, 3.05) is 0 Å². The fraction of sp³-hybridized carbons (Fsp3) is 0.455. The summed E-state index contributed by atoms with van der Waals surface area (Å²) in [5, 5.41) is 2.85. The van der Waals surface area contributed by atoms with Crippen LogP contribution >= 0.6 is 0 Å². The topological polar surface area (TPSA) is 83.8 Å². The van der Waals surface area contributed by atoms with Gasteiger partial charge in [0.15, 0.2) is 0 Å². The standard InChI is InChI=1S/C11H18N4O/c1-3-5-8(12)11(16)15-9(4-2)10-13-6-7-14-10/h3,6-9H,1,4-5,12H2,2H3,(H,13,14)(H,15,16). The van der Waals surface area contributed by atoms with Crippen molar-refractivity contribution in [1.82, 2.24) is 15.3 Å². The number of imidazole rings is 1. The molecule has 5 nitrogen and oxygen atoms in total. The zero-order valence-electron chi connectivity index (χ0n) is 9.44. The fourth-order valence-corrected chi connectivity index (χ4v) is 1.40. The predicted octanol–water partition coefficient (Wildman–Crippen LogP) is 0.880. The first-order valence-corrected chi connectivity index (χ1v) is 5.35. The van der Waals surface area contributed by atoms with Crippen molar-refractivity contribution in [1.29, 1.82) is 0 Å². The van der Waals surface area contributed by atoms with Gasteiger partial charge in [-0.05, 0) is 12.8 Å². The molecule has 1 aromatic heterocycles. The number of aromatic amines is 1. The maximum Gasteiger partial charge on any atom is 0.237 e. The molecule has 16 heavy (non-hydrogen) atoms. The SMILES string of the molecule is C=CCC(N)C(=O)NC(CC)c1ncc[nH]1. The molecule has 5 heteroatoms. The van der Waals surface area contributed by atoms with Gasteiger partial charge in [0.25, 0.3) is 0 Å². The van der Waals surface area contributed by atoms with Crippen LogP contribution in [0.1, 0.15) is 31.6 Å². The second-order valence-electron chi connectivity index (χ2n) is 3.57. The van der Waals surface area contributed by atoms with Crippen LogP contribution in [0.5, 0.6) is 0 Å². The Balaban J connectivity index is 2.57. The van der Waals surface area contributed by atoms with Crippen molar-refractivity contribution in [2.24, 2.45) is 5.73 Å². The third-order valence-electron chi connectivity index (χ3n) is 2.33. The van der Waals surface area contributed by atoms with Crippen LogP contribution in [0.15, 0.2) is 25.0 Å². The summed E-state index contributed by atoms with van der Waals surface area (Å²) >= 11 is 0. The quantitative estimate of drug-likeness (QED) is 0.625. The first-order valence-electron chi connectivity index (χ1n) is 5.35. The number of amides is 1. The third-order valence-corrected chi connectivity index (χ3v) is 2.33. The molecule has 0 spiro atoms. The number of nitrogens with one attached hydrogen (secondary N) is 2. The minimum Gasteiger partial charge on any atom is -0.347 e. The van der Waals surface area contributed by atoms with Gasteiger partial charge in [0.05, 0.1) is 12.1 Å². The van der Waals surface area contributed by atoms with E-state index in [1.807, 2.05) is 6.92 Å². The summed E-state index contributed by atoms with van der Waals surface area (Å²) < 4.78 is 0. The normalized spacial score (nSPS) is 14.1. The van der Waals surface area contributed by atoms with E-state index in [2.05, 4.69) is 21.9 Å². The molecule has 0 aliphatic carbocycles. The molecule has 1 heterocycles. The van der Waals surface area contributed by atoms with Gasteiger partial charge >= 0.3 is 0 Å². The molecule has 1 amide bonds. The van der Waals surface area contributed by atoms with E-state index < -0.39 is 6.04 Å². The molecule has 1 rings (SSSR count). The lowest BCUT2D eigenvalue weighted by Crippen LogP contribution is -2.42. The van der Waals surface area contributed by atoms with Gasteiger partial charge in [-0.2, -0.15) is 0 Å². The largest absolute Gasteiger partial charge is 0.347 e. The number of rotatable bonds is 6. The predicted molar refractivity (Wildman–Crippen MR) is 62.6 cm³/mol. The molecule has 88 valence electrons. The van der Waals surface area contributed by atoms with Crippen molar-refractivity contribution in [3.05, 3.63) is 30.9 Å². The van der Waals surface area contributed by atoms with Crippen LogP contribution < -0.4 is 11.1 Å². The molecule has 4 N–H and O–H groups in total. The molecule has 2 atom stereocenters. The van der Waals surface area contributed by atoms with Gasteiger partial charge in [-0.25, -0.2) is 4.98 Å². The highest BCUT2D eigenvalue weighted by Crippen LogP contribution is 2.11. The van der Waals surface area contributed by atoms with Gasteiger partial charge in [-0.15, -0.1) is 6.58 Å². The number of hydrogen-bond donors (Lipinski definition) is 3. The molecule has 0 bridgehead atoms. The Morgan fingerprint density at radius 3 is 3.06 bits per heavy atom. The Morgan fingerprint density at radius 2 is 2.56 bits per heavy atom. The van der Waals surface area contributed by atoms with E-state index in [9.17, 15) is 4.79 Å². The number of hydrogen-bond acceptors (Lipinski definition) is 3. The Labute approximate surface area is 95.1 Å². The van der Waals surface area contributed by atoms with Gasteiger partial charge < -0.3 is 16.0 Å². The molecule has 0 fully saturated rings. The monoisotopic (exact) mass is 222 g/mol. The van der Waals surface area contributed by atoms with Gasteiger partial charge in [-0.3, -0.25) is 4.79 Å². The minimum atomic E-state index is -0.540. The number of H-pyrrole nitrogens is 1. The first kappa shape index (κ1) is 12.4. The molecule has 0 aromatic carbocycles. The highest BCUT2D eigenvalue weighted by molar-refractivity contribution is 5.81.